The van der Waals surface area contributed by atoms with E-state index < -0.39 is 0 Å². The van der Waals surface area contributed by atoms with Crippen LogP contribution in [0.3, 0.4) is 0 Å². The third-order valence-electron chi connectivity index (χ3n) is 3.59. The molecule has 2 aromatic carbocycles. The first-order chi connectivity index (χ1) is 10.7. The molecule has 3 rings (SSSR count). The van der Waals surface area contributed by atoms with Gasteiger partial charge in [0.1, 0.15) is 0 Å². The lowest BCUT2D eigenvalue weighted by Gasteiger charge is -2.11. The number of hydrogen-bond donors (Lipinski definition) is 1. The smallest absolute Gasteiger partial charge is 0.214 e. The molecule has 22 heavy (non-hydrogen) atoms. The van der Waals surface area contributed by atoms with E-state index in [-0.39, 0.29) is 6.61 Å². The second-order valence-corrected chi connectivity index (χ2v) is 5.96. The van der Waals surface area contributed by atoms with Crippen LogP contribution in [-0.2, 0) is 6.42 Å². The normalized spacial score (nSPS) is 10.9. The van der Waals surface area contributed by atoms with Crippen LogP contribution in [-0.4, -0.2) is 23.8 Å². The SMILES string of the molecule is COc1cc(-c2cccc(CCO)c2)c2cc(Br)ccc2n1. The zero-order chi connectivity index (χ0) is 15.5. The summed E-state index contributed by atoms with van der Waals surface area (Å²) in [7, 11) is 1.62. The molecule has 3 nitrogen and oxygen atoms in total. The molecule has 1 aromatic heterocycles. The quantitative estimate of drug-likeness (QED) is 0.760. The Morgan fingerprint density at radius 3 is 2.77 bits per heavy atom. The van der Waals surface area contributed by atoms with Crippen LogP contribution in [0, 0.1) is 0 Å². The van der Waals surface area contributed by atoms with Gasteiger partial charge in [-0.15, -0.1) is 0 Å². The van der Waals surface area contributed by atoms with E-state index in [9.17, 15) is 0 Å². The molecular weight excluding hydrogens is 342 g/mol. The minimum absolute atomic E-state index is 0.148. The number of pyridine rings is 1. The summed E-state index contributed by atoms with van der Waals surface area (Å²) in [5.41, 5.74) is 4.17. The lowest BCUT2D eigenvalue weighted by atomic mass is 9.98. The van der Waals surface area contributed by atoms with Crippen molar-refractivity contribution in [2.24, 2.45) is 0 Å². The van der Waals surface area contributed by atoms with Crippen LogP contribution in [0.4, 0.5) is 0 Å². The number of hydrogen-bond acceptors (Lipinski definition) is 3. The topological polar surface area (TPSA) is 42.4 Å². The van der Waals surface area contributed by atoms with Crippen molar-refractivity contribution in [3.05, 3.63) is 58.6 Å². The van der Waals surface area contributed by atoms with Crippen molar-refractivity contribution in [3.63, 3.8) is 0 Å². The van der Waals surface area contributed by atoms with Gasteiger partial charge in [0.25, 0.3) is 0 Å². The van der Waals surface area contributed by atoms with Gasteiger partial charge in [-0.1, -0.05) is 40.2 Å². The van der Waals surface area contributed by atoms with Gasteiger partial charge in [-0.3, -0.25) is 0 Å². The highest BCUT2D eigenvalue weighted by atomic mass is 79.9. The fourth-order valence-corrected chi connectivity index (χ4v) is 2.90. The highest BCUT2D eigenvalue weighted by Crippen LogP contribution is 2.33. The summed E-state index contributed by atoms with van der Waals surface area (Å²) in [4.78, 5) is 4.50. The zero-order valence-electron chi connectivity index (χ0n) is 12.2. The molecule has 0 spiro atoms. The van der Waals surface area contributed by atoms with E-state index in [4.69, 9.17) is 9.84 Å². The summed E-state index contributed by atoms with van der Waals surface area (Å²) in [5.74, 6) is 0.595. The molecule has 0 radical (unpaired) electrons. The summed E-state index contributed by atoms with van der Waals surface area (Å²) in [6, 6.07) is 16.2. The fraction of sp³-hybridized carbons (Fsp3) is 0.167. The van der Waals surface area contributed by atoms with E-state index in [0.717, 1.165) is 32.1 Å². The van der Waals surface area contributed by atoms with E-state index in [1.54, 1.807) is 7.11 Å². The molecule has 0 fully saturated rings. The molecule has 4 heteroatoms. The largest absolute Gasteiger partial charge is 0.481 e. The molecule has 0 aliphatic carbocycles. The van der Waals surface area contributed by atoms with Crippen molar-refractivity contribution in [3.8, 4) is 17.0 Å². The fourth-order valence-electron chi connectivity index (χ4n) is 2.54. The molecule has 0 saturated heterocycles. The van der Waals surface area contributed by atoms with Crippen LogP contribution in [0.1, 0.15) is 5.56 Å². The van der Waals surface area contributed by atoms with Crippen LogP contribution in [0.15, 0.2) is 53.0 Å². The number of aliphatic hydroxyl groups excluding tert-OH is 1. The second kappa shape index (κ2) is 6.46. The van der Waals surface area contributed by atoms with Crippen LogP contribution in [0.2, 0.25) is 0 Å². The Labute approximate surface area is 137 Å². The average Bonchev–Trinajstić information content (AvgIpc) is 2.54. The van der Waals surface area contributed by atoms with Crippen molar-refractivity contribution >= 4 is 26.8 Å². The monoisotopic (exact) mass is 357 g/mol. The van der Waals surface area contributed by atoms with Gasteiger partial charge in [0.15, 0.2) is 0 Å². The molecule has 0 bridgehead atoms. The number of aromatic nitrogens is 1. The summed E-state index contributed by atoms with van der Waals surface area (Å²) in [5, 5.41) is 10.2. The molecule has 0 amide bonds. The molecule has 0 aliphatic heterocycles. The Morgan fingerprint density at radius 2 is 2.00 bits per heavy atom. The van der Waals surface area contributed by atoms with Gasteiger partial charge in [-0.25, -0.2) is 4.98 Å². The molecule has 1 heterocycles. The van der Waals surface area contributed by atoms with Crippen molar-refractivity contribution in [2.45, 2.75) is 6.42 Å². The molecule has 112 valence electrons. The van der Waals surface area contributed by atoms with E-state index in [0.29, 0.717) is 12.3 Å². The molecule has 1 N–H and O–H groups in total. The number of aliphatic hydroxyl groups is 1. The standard InChI is InChI=1S/C18H16BrNO2/c1-22-18-11-15(13-4-2-3-12(9-13)7-8-21)16-10-14(19)5-6-17(16)20-18/h2-6,9-11,21H,7-8H2,1H3. The van der Waals surface area contributed by atoms with Gasteiger partial charge in [-0.05, 0) is 41.3 Å². The first-order valence-electron chi connectivity index (χ1n) is 7.06. The molecule has 0 aliphatic rings. The summed E-state index contributed by atoms with van der Waals surface area (Å²) in [6.07, 6.45) is 0.650. The first kappa shape index (κ1) is 15.0. The van der Waals surface area contributed by atoms with Gasteiger partial charge >= 0.3 is 0 Å². The zero-order valence-corrected chi connectivity index (χ0v) is 13.8. The third-order valence-corrected chi connectivity index (χ3v) is 4.09. The third kappa shape index (κ3) is 2.98. The number of rotatable bonds is 4. The number of halogens is 1. The lowest BCUT2D eigenvalue weighted by molar-refractivity contribution is 0.299. The summed E-state index contributed by atoms with van der Waals surface area (Å²) in [6.45, 7) is 0.148. The Bertz CT molecular complexity index is 817. The molecule has 0 unspecified atom stereocenters. The molecule has 3 aromatic rings. The van der Waals surface area contributed by atoms with Crippen LogP contribution in [0.5, 0.6) is 5.88 Å². The number of benzene rings is 2. The Morgan fingerprint density at radius 1 is 1.14 bits per heavy atom. The predicted octanol–water partition coefficient (Wildman–Crippen LogP) is 4.21. The predicted molar refractivity (Wildman–Crippen MR) is 92.2 cm³/mol. The van der Waals surface area contributed by atoms with Gasteiger partial charge in [0.05, 0.1) is 12.6 Å². The Balaban J connectivity index is 2.24. The lowest BCUT2D eigenvalue weighted by Crippen LogP contribution is -1.93. The maximum Gasteiger partial charge on any atom is 0.214 e. The van der Waals surface area contributed by atoms with Gasteiger partial charge in [0.2, 0.25) is 5.88 Å². The number of ether oxygens (including phenoxy) is 1. The van der Waals surface area contributed by atoms with E-state index in [1.165, 1.54) is 0 Å². The van der Waals surface area contributed by atoms with Crippen molar-refractivity contribution in [1.29, 1.82) is 0 Å². The highest BCUT2D eigenvalue weighted by Gasteiger charge is 2.09. The number of methoxy groups -OCH3 is 1. The van der Waals surface area contributed by atoms with E-state index in [2.05, 4.69) is 39.1 Å². The molecule has 0 saturated carbocycles. The summed E-state index contributed by atoms with van der Waals surface area (Å²) >= 11 is 3.52. The van der Waals surface area contributed by atoms with Gasteiger partial charge in [-0.2, -0.15) is 0 Å². The Hall–Kier alpha value is -1.91. The Kier molecular flexibility index (Phi) is 4.41. The minimum Gasteiger partial charge on any atom is -0.481 e. The molecule has 0 atom stereocenters. The van der Waals surface area contributed by atoms with Gasteiger partial charge < -0.3 is 9.84 Å². The summed E-state index contributed by atoms with van der Waals surface area (Å²) < 4.78 is 6.34. The molecular formula is C18H16BrNO2. The maximum atomic E-state index is 9.14. The van der Waals surface area contributed by atoms with E-state index in [1.807, 2.05) is 30.3 Å². The van der Waals surface area contributed by atoms with Crippen molar-refractivity contribution in [1.82, 2.24) is 4.98 Å². The van der Waals surface area contributed by atoms with E-state index >= 15 is 0 Å². The average molecular weight is 358 g/mol. The van der Waals surface area contributed by atoms with Crippen molar-refractivity contribution in [2.75, 3.05) is 13.7 Å². The van der Waals surface area contributed by atoms with Crippen LogP contribution >= 0.6 is 15.9 Å². The maximum absolute atomic E-state index is 9.14. The number of nitrogens with zero attached hydrogens (tertiary/aromatic N) is 1. The first-order valence-corrected chi connectivity index (χ1v) is 7.85. The van der Waals surface area contributed by atoms with Crippen LogP contribution < -0.4 is 4.74 Å². The van der Waals surface area contributed by atoms with Crippen molar-refractivity contribution < 1.29 is 9.84 Å². The second-order valence-electron chi connectivity index (χ2n) is 5.05. The highest BCUT2D eigenvalue weighted by molar-refractivity contribution is 9.10. The minimum atomic E-state index is 0.148. The number of fused-ring (bicyclic) bond motifs is 1. The van der Waals surface area contributed by atoms with Gasteiger partial charge in [0, 0.05) is 22.5 Å². The van der Waals surface area contributed by atoms with Crippen LogP contribution in [0.25, 0.3) is 22.0 Å².